The van der Waals surface area contributed by atoms with Gasteiger partial charge in [0.2, 0.25) is 0 Å². The molecule has 2 heterocycles. The van der Waals surface area contributed by atoms with E-state index in [1.807, 2.05) is 30.3 Å². The van der Waals surface area contributed by atoms with Crippen LogP contribution in [0, 0.1) is 0 Å². The van der Waals surface area contributed by atoms with Crippen LogP contribution in [-0.4, -0.2) is 63.9 Å². The average molecular weight is 414 g/mol. The monoisotopic (exact) mass is 413 g/mol. The minimum atomic E-state index is -0.602. The normalized spacial score (nSPS) is 22.3. The number of nitrogens with one attached hydrogen (secondary N) is 1. The lowest BCUT2D eigenvalue weighted by Gasteiger charge is -2.30. The first-order valence-corrected chi connectivity index (χ1v) is 10.9. The highest BCUT2D eigenvalue weighted by Gasteiger charge is 2.35. The Bertz CT molecular complexity index is 930. The number of carbonyl (C=O) groups is 1. The average Bonchev–Trinajstić information content (AvgIpc) is 3.07. The van der Waals surface area contributed by atoms with Crippen LogP contribution in [0.25, 0.3) is 11.3 Å². The number of piperazine rings is 1. The highest BCUT2D eigenvalue weighted by Crippen LogP contribution is 2.34. The van der Waals surface area contributed by atoms with Crippen LogP contribution in [0.3, 0.4) is 0 Å². The molecule has 8 nitrogen and oxygen atoms in total. The summed E-state index contributed by atoms with van der Waals surface area (Å²) in [7, 11) is 0. The molecule has 2 atom stereocenters. The van der Waals surface area contributed by atoms with E-state index in [-0.39, 0.29) is 30.7 Å². The van der Waals surface area contributed by atoms with E-state index in [1.54, 1.807) is 9.47 Å². The number of imidazole rings is 1. The molecular weight excluding hydrogens is 382 g/mol. The number of aromatic nitrogens is 2. The lowest BCUT2D eigenvalue weighted by atomic mass is 9.92. The number of rotatable bonds is 5. The number of amides is 1. The third-order valence-corrected chi connectivity index (χ3v) is 6.20. The molecule has 0 spiro atoms. The van der Waals surface area contributed by atoms with Crippen LogP contribution >= 0.6 is 0 Å². The summed E-state index contributed by atoms with van der Waals surface area (Å²) in [6, 6.07) is 9.22. The Morgan fingerprint density at radius 2 is 1.83 bits per heavy atom. The summed E-state index contributed by atoms with van der Waals surface area (Å²) < 4.78 is 3.19. The first-order chi connectivity index (χ1) is 14.6. The van der Waals surface area contributed by atoms with Gasteiger partial charge in [-0.05, 0) is 12.8 Å². The zero-order valence-electron chi connectivity index (χ0n) is 17.3. The first-order valence-electron chi connectivity index (χ1n) is 10.9. The molecule has 2 aliphatic rings. The SMILES string of the molecule is NCCn1c(C(=O)N2CCNCC2)c(-c2ccccc2)n(C2CCCC[C@H]2O)c1=O. The van der Waals surface area contributed by atoms with E-state index in [9.17, 15) is 14.7 Å². The third-order valence-electron chi connectivity index (χ3n) is 6.20. The topological polar surface area (TPSA) is 106 Å². The fourth-order valence-corrected chi connectivity index (χ4v) is 4.71. The second kappa shape index (κ2) is 9.16. The van der Waals surface area contributed by atoms with Crippen LogP contribution in [0.1, 0.15) is 42.2 Å². The number of aliphatic hydroxyl groups excluding tert-OH is 1. The maximum atomic E-state index is 13.6. The van der Waals surface area contributed by atoms with E-state index in [0.29, 0.717) is 30.9 Å². The molecule has 1 aliphatic heterocycles. The highest BCUT2D eigenvalue weighted by atomic mass is 16.3. The van der Waals surface area contributed by atoms with Crippen molar-refractivity contribution in [3.05, 3.63) is 46.5 Å². The van der Waals surface area contributed by atoms with E-state index in [4.69, 9.17) is 5.73 Å². The summed E-state index contributed by atoms with van der Waals surface area (Å²) in [5, 5.41) is 14.0. The second-order valence-electron chi connectivity index (χ2n) is 8.12. The summed E-state index contributed by atoms with van der Waals surface area (Å²) in [6.07, 6.45) is 2.67. The summed E-state index contributed by atoms with van der Waals surface area (Å²) in [4.78, 5) is 29.0. The van der Waals surface area contributed by atoms with E-state index in [2.05, 4.69) is 5.32 Å². The number of hydrogen-bond donors (Lipinski definition) is 3. The van der Waals surface area contributed by atoms with Gasteiger partial charge in [-0.1, -0.05) is 43.2 Å². The molecule has 1 aromatic carbocycles. The third kappa shape index (κ3) is 3.82. The van der Waals surface area contributed by atoms with Crippen molar-refractivity contribution in [1.29, 1.82) is 0 Å². The molecule has 1 aromatic heterocycles. The Labute approximate surface area is 176 Å². The van der Waals surface area contributed by atoms with Crippen LogP contribution in [0.15, 0.2) is 35.1 Å². The predicted octanol–water partition coefficient (Wildman–Crippen LogP) is 0.797. The molecule has 162 valence electrons. The maximum absolute atomic E-state index is 13.6. The number of aliphatic hydroxyl groups is 1. The number of hydrogen-bond acceptors (Lipinski definition) is 5. The Morgan fingerprint density at radius 3 is 2.50 bits per heavy atom. The van der Waals surface area contributed by atoms with Gasteiger partial charge in [0, 0.05) is 44.8 Å². The van der Waals surface area contributed by atoms with Gasteiger partial charge in [-0.2, -0.15) is 0 Å². The first kappa shape index (κ1) is 20.8. The van der Waals surface area contributed by atoms with E-state index < -0.39 is 6.10 Å². The molecule has 4 rings (SSSR count). The molecule has 2 aromatic rings. The molecule has 1 amide bonds. The van der Waals surface area contributed by atoms with Gasteiger partial charge in [0.25, 0.3) is 5.91 Å². The molecule has 0 bridgehead atoms. The van der Waals surface area contributed by atoms with Gasteiger partial charge in [0.05, 0.1) is 17.8 Å². The van der Waals surface area contributed by atoms with Crippen molar-refractivity contribution < 1.29 is 9.90 Å². The molecule has 8 heteroatoms. The van der Waals surface area contributed by atoms with Crippen LogP contribution in [0.4, 0.5) is 0 Å². The zero-order chi connectivity index (χ0) is 21.1. The van der Waals surface area contributed by atoms with Crippen molar-refractivity contribution in [3.63, 3.8) is 0 Å². The van der Waals surface area contributed by atoms with E-state index in [0.717, 1.165) is 37.9 Å². The van der Waals surface area contributed by atoms with Gasteiger partial charge in [-0.25, -0.2) is 4.79 Å². The Morgan fingerprint density at radius 1 is 1.13 bits per heavy atom. The molecule has 1 aliphatic carbocycles. The largest absolute Gasteiger partial charge is 0.391 e. The second-order valence-corrected chi connectivity index (χ2v) is 8.12. The molecule has 1 saturated heterocycles. The molecule has 2 fully saturated rings. The van der Waals surface area contributed by atoms with Crippen molar-refractivity contribution in [2.45, 2.75) is 44.4 Å². The smallest absolute Gasteiger partial charge is 0.329 e. The van der Waals surface area contributed by atoms with Crippen molar-refractivity contribution >= 4 is 5.91 Å². The van der Waals surface area contributed by atoms with Gasteiger partial charge in [-0.3, -0.25) is 13.9 Å². The number of nitrogens with two attached hydrogens (primary N) is 1. The van der Waals surface area contributed by atoms with Gasteiger partial charge < -0.3 is 21.1 Å². The van der Waals surface area contributed by atoms with Gasteiger partial charge in [0.1, 0.15) is 5.69 Å². The fourth-order valence-electron chi connectivity index (χ4n) is 4.71. The molecular formula is C22H31N5O3. The van der Waals surface area contributed by atoms with Gasteiger partial charge in [-0.15, -0.1) is 0 Å². The van der Waals surface area contributed by atoms with Crippen LogP contribution in [-0.2, 0) is 6.54 Å². The predicted molar refractivity (Wildman–Crippen MR) is 115 cm³/mol. The molecule has 30 heavy (non-hydrogen) atoms. The Kier molecular flexibility index (Phi) is 6.36. The lowest BCUT2D eigenvalue weighted by molar-refractivity contribution is 0.0719. The van der Waals surface area contributed by atoms with Crippen LogP contribution in [0.2, 0.25) is 0 Å². The van der Waals surface area contributed by atoms with Crippen molar-refractivity contribution in [2.24, 2.45) is 5.73 Å². The fraction of sp³-hybridized carbons (Fsp3) is 0.545. The Hall–Kier alpha value is -2.42. The van der Waals surface area contributed by atoms with E-state index >= 15 is 0 Å². The quantitative estimate of drug-likeness (QED) is 0.672. The molecule has 4 N–H and O–H groups in total. The summed E-state index contributed by atoms with van der Waals surface area (Å²) in [5.74, 6) is -0.148. The zero-order valence-corrected chi connectivity index (χ0v) is 17.3. The minimum Gasteiger partial charge on any atom is -0.391 e. The summed E-state index contributed by atoms with van der Waals surface area (Å²) >= 11 is 0. The van der Waals surface area contributed by atoms with Gasteiger partial charge >= 0.3 is 5.69 Å². The Balaban J connectivity index is 1.93. The van der Waals surface area contributed by atoms with Crippen LogP contribution < -0.4 is 16.7 Å². The molecule has 0 radical (unpaired) electrons. The van der Waals surface area contributed by atoms with Crippen molar-refractivity contribution in [3.8, 4) is 11.3 Å². The standard InChI is InChI=1S/C22H31N5O3/c23-10-13-26-20(21(29)25-14-11-24-12-15-25)19(16-6-2-1-3-7-16)27(22(26)30)17-8-4-5-9-18(17)28/h1-3,6-7,17-18,24,28H,4-5,8-15,23H2/t17?,18-/m1/s1. The summed E-state index contributed by atoms with van der Waals surface area (Å²) in [5.41, 5.74) is 7.36. The van der Waals surface area contributed by atoms with Crippen molar-refractivity contribution in [1.82, 2.24) is 19.4 Å². The number of nitrogens with zero attached hydrogens (tertiary/aromatic N) is 3. The maximum Gasteiger partial charge on any atom is 0.329 e. The van der Waals surface area contributed by atoms with Crippen LogP contribution in [0.5, 0.6) is 0 Å². The summed E-state index contributed by atoms with van der Waals surface area (Å²) in [6.45, 7) is 3.18. The number of benzene rings is 1. The van der Waals surface area contributed by atoms with E-state index in [1.165, 1.54) is 4.57 Å². The molecule has 1 unspecified atom stereocenters. The minimum absolute atomic E-state index is 0.148. The van der Waals surface area contributed by atoms with Crippen molar-refractivity contribution in [2.75, 3.05) is 32.7 Å². The molecule has 1 saturated carbocycles. The number of carbonyl (C=O) groups excluding carboxylic acids is 1. The highest BCUT2D eigenvalue weighted by molar-refractivity contribution is 5.98. The lowest BCUT2D eigenvalue weighted by Crippen LogP contribution is -2.47. The van der Waals surface area contributed by atoms with Gasteiger partial charge in [0.15, 0.2) is 0 Å².